The van der Waals surface area contributed by atoms with E-state index in [1.807, 2.05) is 43.3 Å². The van der Waals surface area contributed by atoms with Crippen LogP contribution >= 0.6 is 0 Å². The van der Waals surface area contributed by atoms with Crippen molar-refractivity contribution in [2.24, 2.45) is 0 Å². The molecule has 5 heteroatoms. The summed E-state index contributed by atoms with van der Waals surface area (Å²) in [7, 11) is 0. The van der Waals surface area contributed by atoms with Crippen LogP contribution in [0.2, 0.25) is 0 Å². The van der Waals surface area contributed by atoms with Gasteiger partial charge in [0.2, 0.25) is 0 Å². The van der Waals surface area contributed by atoms with E-state index in [2.05, 4.69) is 5.32 Å². The summed E-state index contributed by atoms with van der Waals surface area (Å²) in [5.41, 5.74) is 2.48. The molecule has 5 nitrogen and oxygen atoms in total. The molecule has 25 heavy (non-hydrogen) atoms. The van der Waals surface area contributed by atoms with E-state index in [1.165, 1.54) is 4.90 Å². The third-order valence-electron chi connectivity index (χ3n) is 4.69. The zero-order valence-corrected chi connectivity index (χ0v) is 14.5. The van der Waals surface area contributed by atoms with Crippen molar-refractivity contribution in [1.29, 1.82) is 0 Å². The molecule has 1 atom stereocenters. The smallest absolute Gasteiger partial charge is 0.316 e. The molecule has 0 aromatic heterocycles. The molecule has 2 aromatic rings. The van der Waals surface area contributed by atoms with Crippen molar-refractivity contribution in [3.05, 3.63) is 65.2 Å². The van der Waals surface area contributed by atoms with Gasteiger partial charge in [0.1, 0.15) is 5.60 Å². The molecule has 0 bridgehead atoms. The van der Waals surface area contributed by atoms with Gasteiger partial charge in [-0.05, 0) is 43.0 Å². The second-order valence-electron chi connectivity index (χ2n) is 6.60. The zero-order valence-electron chi connectivity index (χ0n) is 14.5. The SMILES string of the molecule is Cc1cccc2c1CCN2C(=O)C(=O)NCC(C)(O)c1ccccc1. The van der Waals surface area contributed by atoms with Crippen LogP contribution in [0.25, 0.3) is 0 Å². The molecule has 1 aliphatic rings. The number of aryl methyl sites for hydroxylation is 1. The molecule has 2 amide bonds. The van der Waals surface area contributed by atoms with Crippen molar-refractivity contribution in [3.8, 4) is 0 Å². The van der Waals surface area contributed by atoms with Crippen molar-refractivity contribution >= 4 is 17.5 Å². The van der Waals surface area contributed by atoms with Crippen LogP contribution in [0.1, 0.15) is 23.6 Å². The van der Waals surface area contributed by atoms with Gasteiger partial charge in [-0.3, -0.25) is 9.59 Å². The van der Waals surface area contributed by atoms with Gasteiger partial charge in [0.15, 0.2) is 0 Å². The topological polar surface area (TPSA) is 69.6 Å². The summed E-state index contributed by atoms with van der Waals surface area (Å²) in [6.45, 7) is 4.09. The Morgan fingerprint density at radius 2 is 1.88 bits per heavy atom. The molecular weight excluding hydrogens is 316 g/mol. The number of carbonyl (C=O) groups is 2. The van der Waals surface area contributed by atoms with E-state index in [0.29, 0.717) is 12.1 Å². The average Bonchev–Trinajstić information content (AvgIpc) is 3.05. The second kappa shape index (κ2) is 6.69. The van der Waals surface area contributed by atoms with Gasteiger partial charge in [-0.25, -0.2) is 0 Å². The van der Waals surface area contributed by atoms with Crippen LogP contribution in [0.15, 0.2) is 48.5 Å². The summed E-state index contributed by atoms with van der Waals surface area (Å²) >= 11 is 0. The number of anilines is 1. The number of rotatable bonds is 3. The molecule has 130 valence electrons. The molecule has 0 saturated heterocycles. The Hall–Kier alpha value is -2.66. The first-order valence-corrected chi connectivity index (χ1v) is 8.36. The van der Waals surface area contributed by atoms with E-state index >= 15 is 0 Å². The lowest BCUT2D eigenvalue weighted by Gasteiger charge is -2.25. The molecule has 1 unspecified atom stereocenters. The van der Waals surface area contributed by atoms with E-state index in [9.17, 15) is 14.7 Å². The van der Waals surface area contributed by atoms with Crippen molar-refractivity contribution in [3.63, 3.8) is 0 Å². The van der Waals surface area contributed by atoms with Crippen LogP contribution in [0.5, 0.6) is 0 Å². The lowest BCUT2D eigenvalue weighted by atomic mass is 9.96. The summed E-state index contributed by atoms with van der Waals surface area (Å²) in [5.74, 6) is -1.29. The zero-order chi connectivity index (χ0) is 18.0. The van der Waals surface area contributed by atoms with E-state index < -0.39 is 17.4 Å². The molecule has 0 radical (unpaired) electrons. The Kier molecular flexibility index (Phi) is 4.59. The minimum Gasteiger partial charge on any atom is -0.384 e. The van der Waals surface area contributed by atoms with Crippen molar-refractivity contribution in [2.45, 2.75) is 25.9 Å². The Labute approximate surface area is 147 Å². The summed E-state index contributed by atoms with van der Waals surface area (Å²) in [6.07, 6.45) is 0.753. The number of nitrogens with one attached hydrogen (secondary N) is 1. The van der Waals surface area contributed by atoms with E-state index in [1.54, 1.807) is 19.1 Å². The third kappa shape index (κ3) is 3.42. The molecule has 0 aliphatic carbocycles. The van der Waals surface area contributed by atoms with Crippen LogP contribution in [0, 0.1) is 6.92 Å². The van der Waals surface area contributed by atoms with Gasteiger partial charge >= 0.3 is 11.8 Å². The predicted octanol–water partition coefficient (Wildman–Crippen LogP) is 1.91. The fourth-order valence-electron chi connectivity index (χ4n) is 3.17. The maximum absolute atomic E-state index is 12.5. The summed E-state index contributed by atoms with van der Waals surface area (Å²) in [6, 6.07) is 14.8. The summed E-state index contributed by atoms with van der Waals surface area (Å²) < 4.78 is 0. The Bertz CT molecular complexity index is 800. The van der Waals surface area contributed by atoms with Crippen LogP contribution in [-0.4, -0.2) is 30.0 Å². The standard InChI is InChI=1S/C20H22N2O3/c1-14-7-6-10-17-16(14)11-12-22(17)19(24)18(23)21-13-20(2,25)15-8-4-3-5-9-15/h3-10,25H,11-13H2,1-2H3,(H,21,23). The normalized spacial score (nSPS) is 15.4. The second-order valence-corrected chi connectivity index (χ2v) is 6.60. The molecular formula is C20H22N2O3. The highest BCUT2D eigenvalue weighted by Gasteiger charge is 2.31. The van der Waals surface area contributed by atoms with Gasteiger partial charge in [-0.1, -0.05) is 42.5 Å². The van der Waals surface area contributed by atoms with Gasteiger partial charge in [0.25, 0.3) is 0 Å². The first-order chi connectivity index (χ1) is 11.9. The van der Waals surface area contributed by atoms with Crippen molar-refractivity contribution in [1.82, 2.24) is 5.32 Å². The Morgan fingerprint density at radius 1 is 1.16 bits per heavy atom. The maximum atomic E-state index is 12.5. The first-order valence-electron chi connectivity index (χ1n) is 8.36. The average molecular weight is 338 g/mol. The van der Waals surface area contributed by atoms with E-state index in [-0.39, 0.29) is 6.54 Å². The fourth-order valence-corrected chi connectivity index (χ4v) is 3.17. The van der Waals surface area contributed by atoms with Crippen LogP contribution in [0.3, 0.4) is 0 Å². The lowest BCUT2D eigenvalue weighted by molar-refractivity contribution is -0.138. The number of carbonyl (C=O) groups excluding carboxylic acids is 2. The van der Waals surface area contributed by atoms with E-state index in [0.717, 1.165) is 23.2 Å². The quantitative estimate of drug-likeness (QED) is 0.840. The molecule has 2 aromatic carbocycles. The van der Waals surface area contributed by atoms with E-state index in [4.69, 9.17) is 0 Å². The predicted molar refractivity (Wildman–Crippen MR) is 96.3 cm³/mol. The number of benzene rings is 2. The monoisotopic (exact) mass is 338 g/mol. The molecule has 2 N–H and O–H groups in total. The lowest BCUT2D eigenvalue weighted by Crippen LogP contribution is -2.46. The van der Waals surface area contributed by atoms with Gasteiger partial charge in [0.05, 0.1) is 6.54 Å². The highest BCUT2D eigenvalue weighted by molar-refractivity contribution is 6.40. The third-order valence-corrected chi connectivity index (χ3v) is 4.69. The van der Waals surface area contributed by atoms with Gasteiger partial charge in [0, 0.05) is 12.2 Å². The van der Waals surface area contributed by atoms with Gasteiger partial charge in [-0.15, -0.1) is 0 Å². The molecule has 1 aliphatic heterocycles. The fraction of sp³-hybridized carbons (Fsp3) is 0.300. The van der Waals surface area contributed by atoms with Gasteiger partial charge < -0.3 is 15.3 Å². The number of amides is 2. The van der Waals surface area contributed by atoms with Crippen LogP contribution in [-0.2, 0) is 21.6 Å². The Morgan fingerprint density at radius 3 is 2.60 bits per heavy atom. The summed E-state index contributed by atoms with van der Waals surface area (Å²) in [5, 5.41) is 13.1. The number of aliphatic hydroxyl groups is 1. The minimum absolute atomic E-state index is 0.0316. The number of nitrogens with zero attached hydrogens (tertiary/aromatic N) is 1. The highest BCUT2D eigenvalue weighted by atomic mass is 16.3. The largest absolute Gasteiger partial charge is 0.384 e. The number of fused-ring (bicyclic) bond motifs is 1. The molecule has 0 spiro atoms. The van der Waals surface area contributed by atoms with Crippen LogP contribution < -0.4 is 10.2 Å². The molecule has 0 saturated carbocycles. The van der Waals surface area contributed by atoms with Crippen molar-refractivity contribution < 1.29 is 14.7 Å². The first kappa shape index (κ1) is 17.2. The molecule has 0 fully saturated rings. The van der Waals surface area contributed by atoms with Crippen LogP contribution in [0.4, 0.5) is 5.69 Å². The molecule has 1 heterocycles. The molecule has 3 rings (SSSR count). The Balaban J connectivity index is 1.67. The van der Waals surface area contributed by atoms with Gasteiger partial charge in [-0.2, -0.15) is 0 Å². The maximum Gasteiger partial charge on any atom is 0.316 e. The number of hydrogen-bond acceptors (Lipinski definition) is 3. The highest BCUT2D eigenvalue weighted by Crippen LogP contribution is 2.30. The van der Waals surface area contributed by atoms with Crippen molar-refractivity contribution in [2.75, 3.05) is 18.0 Å². The number of hydrogen-bond donors (Lipinski definition) is 2. The summed E-state index contributed by atoms with van der Waals surface area (Å²) in [4.78, 5) is 26.3. The minimum atomic E-state index is -1.24.